The molecule has 3 aliphatic heterocycles. The molecule has 3 aromatic rings. The van der Waals surface area contributed by atoms with Gasteiger partial charge in [-0.2, -0.15) is 0 Å². The van der Waals surface area contributed by atoms with Crippen molar-refractivity contribution in [2.24, 2.45) is 10.4 Å². The Hall–Kier alpha value is -5.23. The van der Waals surface area contributed by atoms with Gasteiger partial charge in [-0.05, 0) is 61.2 Å². The van der Waals surface area contributed by atoms with Gasteiger partial charge in [0.05, 0.1) is 30.2 Å². The molecule has 0 saturated carbocycles. The van der Waals surface area contributed by atoms with Crippen LogP contribution in [-0.4, -0.2) is 90.8 Å². The van der Waals surface area contributed by atoms with Crippen molar-refractivity contribution in [3.8, 4) is 0 Å². The van der Waals surface area contributed by atoms with Crippen molar-refractivity contribution in [3.05, 3.63) is 95.1 Å². The van der Waals surface area contributed by atoms with Crippen molar-refractivity contribution in [1.82, 2.24) is 20.1 Å². The average Bonchev–Trinajstić information content (AvgIpc) is 3.65. The van der Waals surface area contributed by atoms with Crippen molar-refractivity contribution in [2.75, 3.05) is 56.9 Å². The van der Waals surface area contributed by atoms with Crippen LogP contribution < -0.4 is 16.0 Å². The first-order valence-corrected chi connectivity index (χ1v) is 15.7. The van der Waals surface area contributed by atoms with E-state index in [-0.39, 0.29) is 35.5 Å². The molecule has 0 bridgehead atoms. The predicted octanol–water partition coefficient (Wildman–Crippen LogP) is 3.54. The van der Waals surface area contributed by atoms with Crippen LogP contribution in [0.25, 0.3) is 5.57 Å². The Morgan fingerprint density at radius 2 is 1.89 bits per heavy atom. The van der Waals surface area contributed by atoms with Gasteiger partial charge >= 0.3 is 0 Å². The second kappa shape index (κ2) is 13.2. The molecule has 11 nitrogen and oxygen atoms in total. The molecule has 12 heteroatoms. The van der Waals surface area contributed by atoms with Gasteiger partial charge in [-0.3, -0.25) is 30.3 Å². The van der Waals surface area contributed by atoms with E-state index in [0.717, 1.165) is 23.7 Å². The molecule has 6 rings (SSSR count). The summed E-state index contributed by atoms with van der Waals surface area (Å²) in [7, 11) is 1.74. The molecule has 2 fully saturated rings. The van der Waals surface area contributed by atoms with E-state index in [1.807, 2.05) is 29.2 Å². The normalized spacial score (nSPS) is 19.9. The van der Waals surface area contributed by atoms with Crippen LogP contribution in [0.3, 0.4) is 0 Å². The Bertz CT molecular complexity index is 1790. The van der Waals surface area contributed by atoms with Gasteiger partial charge in [0, 0.05) is 67.5 Å². The Morgan fingerprint density at radius 3 is 2.62 bits per heavy atom. The number of amides is 2. The minimum Gasteiger partial charge on any atom is -0.398 e. The summed E-state index contributed by atoms with van der Waals surface area (Å²) in [6, 6.07) is 14.3. The van der Waals surface area contributed by atoms with Crippen LogP contribution >= 0.6 is 0 Å². The standard InChI is InChI=1S/C35H38FN9O2/c1-40-22-42-33(39)25-4-2-23(3-5-25)24-9-14-44(15-10-24)31(46)20-43-16-11-35(21-43)12-17-45(34(35)47)26-6-7-30(37)28(18-26)32(38)27-8-13-41-19-29(27)36/h2-9,13,18-19,22,38H,10-12,14-17,20-21,37H2,1H3,(H2,39,40,42)/t35-/m0/s1. The van der Waals surface area contributed by atoms with Crippen LogP contribution in [0.4, 0.5) is 15.8 Å². The van der Waals surface area contributed by atoms with E-state index in [1.54, 1.807) is 30.1 Å². The van der Waals surface area contributed by atoms with Crippen LogP contribution in [0.2, 0.25) is 0 Å². The van der Waals surface area contributed by atoms with Gasteiger partial charge in [-0.15, -0.1) is 0 Å². The lowest BCUT2D eigenvalue weighted by molar-refractivity contribution is -0.132. The van der Waals surface area contributed by atoms with Crippen LogP contribution in [0.1, 0.15) is 41.5 Å². The zero-order chi connectivity index (χ0) is 33.1. The number of likely N-dealkylation sites (tertiary alicyclic amines) is 1. The summed E-state index contributed by atoms with van der Waals surface area (Å²) < 4.78 is 14.4. The Morgan fingerprint density at radius 1 is 1.11 bits per heavy atom. The molecule has 4 heterocycles. The molecule has 1 spiro atoms. The second-order valence-corrected chi connectivity index (χ2v) is 12.2. The molecule has 2 amide bonds. The number of hydrogen-bond acceptors (Lipinski definition) is 7. The Labute approximate surface area is 273 Å². The molecule has 0 radical (unpaired) electrons. The molecule has 0 unspecified atom stereocenters. The number of carbonyl (C=O) groups is 2. The third kappa shape index (κ3) is 6.41. The molecule has 5 N–H and O–H groups in total. The van der Waals surface area contributed by atoms with E-state index in [1.165, 1.54) is 24.2 Å². The van der Waals surface area contributed by atoms with Gasteiger partial charge in [-0.1, -0.05) is 30.3 Å². The van der Waals surface area contributed by atoms with E-state index in [0.29, 0.717) is 62.5 Å². The van der Waals surface area contributed by atoms with Gasteiger partial charge in [0.25, 0.3) is 0 Å². The number of rotatable bonds is 8. The number of halogens is 1. The number of aliphatic imine (C=N–C) groups is 1. The number of carbonyl (C=O) groups excluding carboxylic acids is 2. The smallest absolute Gasteiger partial charge is 0.237 e. The number of nitrogens with two attached hydrogens (primary N) is 1. The van der Waals surface area contributed by atoms with E-state index in [4.69, 9.17) is 16.6 Å². The molecule has 47 heavy (non-hydrogen) atoms. The first-order valence-electron chi connectivity index (χ1n) is 15.7. The molecule has 3 aliphatic rings. The topological polar surface area (TPSA) is 155 Å². The zero-order valence-corrected chi connectivity index (χ0v) is 26.3. The number of aromatic nitrogens is 1. The summed E-state index contributed by atoms with van der Waals surface area (Å²) in [6.45, 7) is 3.12. The quantitative estimate of drug-likeness (QED) is 0.169. The fourth-order valence-electron chi connectivity index (χ4n) is 6.69. The second-order valence-electron chi connectivity index (χ2n) is 12.2. The summed E-state index contributed by atoms with van der Waals surface area (Å²) in [5.74, 6) is -0.368. The number of pyridine rings is 1. The monoisotopic (exact) mass is 635 g/mol. The first kappa shape index (κ1) is 31.7. The summed E-state index contributed by atoms with van der Waals surface area (Å²) in [6.07, 6.45) is 8.15. The lowest BCUT2D eigenvalue weighted by Gasteiger charge is -2.29. The molecular formula is C35H38FN9O2. The largest absolute Gasteiger partial charge is 0.398 e. The molecule has 1 aromatic heterocycles. The fourth-order valence-corrected chi connectivity index (χ4v) is 6.69. The van der Waals surface area contributed by atoms with Crippen LogP contribution in [-0.2, 0) is 9.59 Å². The van der Waals surface area contributed by atoms with Crippen molar-refractivity contribution in [1.29, 1.82) is 10.8 Å². The van der Waals surface area contributed by atoms with E-state index < -0.39 is 11.2 Å². The molecule has 2 aromatic carbocycles. The minimum absolute atomic E-state index is 0.00494. The minimum atomic E-state index is -0.611. The molecular weight excluding hydrogens is 597 g/mol. The molecule has 1 atom stereocenters. The summed E-state index contributed by atoms with van der Waals surface area (Å²) in [5, 5.41) is 19.4. The number of benzene rings is 2. The van der Waals surface area contributed by atoms with Gasteiger partial charge in [-0.25, -0.2) is 9.38 Å². The highest BCUT2D eigenvalue weighted by Gasteiger charge is 2.51. The first-order chi connectivity index (χ1) is 22.7. The SMILES string of the molecule is CN/C=N\C(=N)c1ccc(C2=CCN(C(=O)CN3CC[C@]4(CCN(c5ccc(N)c(C(=N)c6ccncc6F)c5)C4=O)C3)CC2)cc1. The number of nitrogen functional groups attached to an aromatic ring is 1. The average molecular weight is 636 g/mol. The third-order valence-electron chi connectivity index (χ3n) is 9.38. The highest BCUT2D eigenvalue weighted by Crippen LogP contribution is 2.43. The number of nitrogens with one attached hydrogen (secondary N) is 3. The van der Waals surface area contributed by atoms with E-state index >= 15 is 0 Å². The van der Waals surface area contributed by atoms with Gasteiger partial charge in [0.2, 0.25) is 11.8 Å². The zero-order valence-electron chi connectivity index (χ0n) is 26.3. The summed E-state index contributed by atoms with van der Waals surface area (Å²) in [4.78, 5) is 40.6. The molecule has 242 valence electrons. The number of hydrogen-bond donors (Lipinski definition) is 4. The summed E-state index contributed by atoms with van der Waals surface area (Å²) >= 11 is 0. The maximum absolute atomic E-state index is 14.4. The molecule has 2 saturated heterocycles. The molecule has 0 aliphatic carbocycles. The van der Waals surface area contributed by atoms with Gasteiger partial charge in [0.1, 0.15) is 0 Å². The predicted molar refractivity (Wildman–Crippen MR) is 181 cm³/mol. The van der Waals surface area contributed by atoms with Gasteiger partial charge in [0.15, 0.2) is 11.7 Å². The highest BCUT2D eigenvalue weighted by atomic mass is 19.1. The van der Waals surface area contributed by atoms with Gasteiger partial charge < -0.3 is 20.9 Å². The van der Waals surface area contributed by atoms with Crippen molar-refractivity contribution in [3.63, 3.8) is 0 Å². The maximum atomic E-state index is 14.4. The Kier molecular flexibility index (Phi) is 8.95. The van der Waals surface area contributed by atoms with E-state index in [9.17, 15) is 14.0 Å². The third-order valence-corrected chi connectivity index (χ3v) is 9.38. The van der Waals surface area contributed by atoms with Crippen LogP contribution in [0.15, 0.2) is 72.0 Å². The lowest BCUT2D eigenvalue weighted by atomic mass is 9.85. The highest BCUT2D eigenvalue weighted by molar-refractivity contribution is 6.15. The van der Waals surface area contributed by atoms with Crippen LogP contribution in [0.5, 0.6) is 0 Å². The number of anilines is 2. The number of amidine groups is 1. The number of nitrogens with zero attached hydrogens (tertiary/aromatic N) is 5. The van der Waals surface area contributed by atoms with E-state index in [2.05, 4.69) is 26.3 Å². The fraction of sp³-hybridized carbons (Fsp3) is 0.314. The summed E-state index contributed by atoms with van der Waals surface area (Å²) in [5.41, 5.74) is 9.92. The van der Waals surface area contributed by atoms with Crippen molar-refractivity contribution in [2.45, 2.75) is 19.3 Å². The van der Waals surface area contributed by atoms with Crippen molar-refractivity contribution >= 4 is 46.6 Å². The lowest BCUT2D eigenvalue weighted by Crippen LogP contribution is -2.43. The maximum Gasteiger partial charge on any atom is 0.237 e. The van der Waals surface area contributed by atoms with Crippen LogP contribution in [0, 0.1) is 22.1 Å². The Balaban J connectivity index is 1.05. The van der Waals surface area contributed by atoms with Crippen molar-refractivity contribution < 1.29 is 14.0 Å².